The molecule has 2 aliphatic rings. The molecule has 4 rings (SSSR count). The number of anilines is 1. The number of ether oxygens (including phenoxy) is 2. The first-order valence-electron chi connectivity index (χ1n) is 14.4. The van der Waals surface area contributed by atoms with Gasteiger partial charge >= 0.3 is 0 Å². The minimum absolute atomic E-state index is 0.00958. The summed E-state index contributed by atoms with van der Waals surface area (Å²) in [6, 6.07) is 0. The normalized spacial score (nSPS) is 14.6. The first kappa shape index (κ1) is 33.6. The second-order valence-corrected chi connectivity index (χ2v) is 9.16. The minimum Gasteiger partial charge on any atom is -0.462 e. The van der Waals surface area contributed by atoms with Crippen LogP contribution in [0.1, 0.15) is 78.1 Å². The Bertz CT molecular complexity index is 1120. The number of nitrogens with zero attached hydrogens (tertiary/aromatic N) is 5. The number of nitrogens with one attached hydrogen (secondary N) is 1. The Kier molecular flexibility index (Phi) is 17.4. The Balaban J connectivity index is 0.000000241. The molecule has 1 N–H and O–H groups in total. The van der Waals surface area contributed by atoms with Crippen LogP contribution in [-0.4, -0.2) is 59.3 Å². The third-order valence-electron chi connectivity index (χ3n) is 5.98. The van der Waals surface area contributed by atoms with Gasteiger partial charge in [0.15, 0.2) is 19.0 Å². The summed E-state index contributed by atoms with van der Waals surface area (Å²) < 4.78 is 49.8. The smallest absolute Gasteiger partial charge is 0.257 e. The molecule has 2 aromatic rings. The summed E-state index contributed by atoms with van der Waals surface area (Å²) in [5, 5.41) is 3.35. The van der Waals surface area contributed by atoms with Crippen LogP contribution in [0, 0.1) is 41.3 Å². The molecule has 0 aromatic carbocycles. The van der Waals surface area contributed by atoms with E-state index in [9.17, 15) is 13.2 Å². The molecule has 224 valence electrons. The second kappa shape index (κ2) is 21.2. The van der Waals surface area contributed by atoms with Gasteiger partial charge in [-0.25, -0.2) is 9.97 Å². The van der Waals surface area contributed by atoms with E-state index in [1.54, 1.807) is 0 Å². The van der Waals surface area contributed by atoms with Crippen LogP contribution in [0.2, 0.25) is 0 Å². The van der Waals surface area contributed by atoms with Crippen LogP contribution in [0.4, 0.5) is 19.0 Å². The van der Waals surface area contributed by atoms with Gasteiger partial charge in [0, 0.05) is 25.9 Å². The van der Waals surface area contributed by atoms with Gasteiger partial charge in [-0.2, -0.15) is 23.1 Å². The maximum Gasteiger partial charge on any atom is 0.257 e. The summed E-state index contributed by atoms with van der Waals surface area (Å²) in [4.78, 5) is 16.3. The third-order valence-corrected chi connectivity index (χ3v) is 5.98. The molecule has 4 heterocycles. The average molecular weight is 575 g/mol. The van der Waals surface area contributed by atoms with Gasteiger partial charge in [0.05, 0.1) is 0 Å². The highest BCUT2D eigenvalue weighted by molar-refractivity contribution is 5.43. The SMILES string of the molecule is C1CCCNCC1.CCC#CCOc1ncnc(F)c1F.CCC#CCOc1ncnc(N2CCCCCC2)c1F. The van der Waals surface area contributed by atoms with Crippen LogP contribution >= 0.6 is 0 Å². The van der Waals surface area contributed by atoms with Crippen molar-refractivity contribution >= 4 is 5.82 Å². The number of hydrogen-bond donors (Lipinski definition) is 1. The Morgan fingerprint density at radius 1 is 0.683 bits per heavy atom. The molecule has 0 bridgehead atoms. The zero-order valence-corrected chi connectivity index (χ0v) is 24.2. The Morgan fingerprint density at radius 2 is 1.20 bits per heavy atom. The molecule has 0 atom stereocenters. The maximum absolute atomic E-state index is 14.4. The predicted octanol–water partition coefficient (Wildman–Crippen LogP) is 5.49. The van der Waals surface area contributed by atoms with Crippen LogP contribution in [0.3, 0.4) is 0 Å². The second-order valence-electron chi connectivity index (χ2n) is 9.16. The fourth-order valence-corrected chi connectivity index (χ4v) is 3.92. The van der Waals surface area contributed by atoms with E-state index >= 15 is 0 Å². The zero-order chi connectivity index (χ0) is 29.5. The molecular formula is C30H41F3N6O2. The van der Waals surface area contributed by atoms with Crippen LogP contribution in [0.15, 0.2) is 12.7 Å². The van der Waals surface area contributed by atoms with Gasteiger partial charge in [0.2, 0.25) is 11.6 Å². The van der Waals surface area contributed by atoms with Gasteiger partial charge in [-0.05, 0) is 38.8 Å². The monoisotopic (exact) mass is 574 g/mol. The highest BCUT2D eigenvalue weighted by atomic mass is 19.2. The molecule has 2 saturated heterocycles. The molecule has 2 aliphatic heterocycles. The van der Waals surface area contributed by atoms with E-state index in [0.717, 1.165) is 38.7 Å². The first-order valence-corrected chi connectivity index (χ1v) is 14.4. The standard InChI is InChI=1S/C15H20FN3O.C9H8F2N2O.C6H13N/c1-2-3-8-11-20-15-13(16)14(17-12-18-15)19-9-6-4-5-7-10-19;1-2-3-4-5-14-9-7(10)8(11)12-6-13-9;1-2-4-6-7-5-3-1/h12H,2,4-7,9-11H2,1H3;6H,2,5H2,1H3;7H,1-6H2. The first-order chi connectivity index (χ1) is 20.1. The van der Waals surface area contributed by atoms with Crippen molar-refractivity contribution in [2.75, 3.05) is 44.3 Å². The lowest BCUT2D eigenvalue weighted by Gasteiger charge is -2.21. The van der Waals surface area contributed by atoms with Crippen molar-refractivity contribution in [3.05, 3.63) is 30.2 Å². The van der Waals surface area contributed by atoms with Gasteiger partial charge in [-0.15, -0.1) is 11.8 Å². The average Bonchev–Trinajstić information content (AvgIpc) is 3.46. The Labute approximate surface area is 241 Å². The van der Waals surface area contributed by atoms with Gasteiger partial charge in [-0.3, -0.25) is 0 Å². The molecule has 8 nitrogen and oxygen atoms in total. The van der Waals surface area contributed by atoms with E-state index in [4.69, 9.17) is 9.47 Å². The van der Waals surface area contributed by atoms with Crippen molar-refractivity contribution in [1.29, 1.82) is 0 Å². The third kappa shape index (κ3) is 13.6. The minimum atomic E-state index is -1.22. The summed E-state index contributed by atoms with van der Waals surface area (Å²) in [6.07, 6.45) is 13.9. The number of rotatable bonds is 5. The Morgan fingerprint density at radius 3 is 1.76 bits per heavy atom. The predicted molar refractivity (Wildman–Crippen MR) is 153 cm³/mol. The van der Waals surface area contributed by atoms with Crippen LogP contribution < -0.4 is 19.7 Å². The lowest BCUT2D eigenvalue weighted by Crippen LogP contribution is -2.26. The van der Waals surface area contributed by atoms with Crippen LogP contribution in [0.5, 0.6) is 11.8 Å². The largest absolute Gasteiger partial charge is 0.462 e. The highest BCUT2D eigenvalue weighted by Crippen LogP contribution is 2.25. The molecule has 0 spiro atoms. The van der Waals surface area contributed by atoms with Crippen molar-refractivity contribution in [1.82, 2.24) is 25.3 Å². The van der Waals surface area contributed by atoms with E-state index in [1.807, 2.05) is 18.7 Å². The fraction of sp³-hybridized carbons (Fsp3) is 0.600. The Hall–Kier alpha value is -3.57. The van der Waals surface area contributed by atoms with Gasteiger partial charge in [0.1, 0.15) is 12.7 Å². The molecule has 0 unspecified atom stereocenters. The molecule has 0 radical (unpaired) electrons. The molecule has 0 aliphatic carbocycles. The van der Waals surface area contributed by atoms with E-state index < -0.39 is 23.5 Å². The molecule has 2 aromatic heterocycles. The van der Waals surface area contributed by atoms with E-state index in [2.05, 4.69) is 48.9 Å². The summed E-state index contributed by atoms with van der Waals surface area (Å²) in [7, 11) is 0. The highest BCUT2D eigenvalue weighted by Gasteiger charge is 2.19. The summed E-state index contributed by atoms with van der Waals surface area (Å²) in [5.74, 6) is 8.04. The van der Waals surface area contributed by atoms with Gasteiger partial charge in [-0.1, -0.05) is 51.4 Å². The van der Waals surface area contributed by atoms with Gasteiger partial charge < -0.3 is 19.7 Å². The number of aromatic nitrogens is 4. The maximum atomic E-state index is 14.4. The van der Waals surface area contributed by atoms with Crippen molar-refractivity contribution in [3.8, 4) is 35.4 Å². The van der Waals surface area contributed by atoms with E-state index in [0.29, 0.717) is 12.2 Å². The molecule has 0 saturated carbocycles. The molecular weight excluding hydrogens is 533 g/mol. The molecule has 2 fully saturated rings. The molecule has 41 heavy (non-hydrogen) atoms. The number of halogens is 3. The molecule has 0 amide bonds. The zero-order valence-electron chi connectivity index (χ0n) is 24.2. The van der Waals surface area contributed by atoms with Gasteiger partial charge in [0.25, 0.3) is 17.7 Å². The fourth-order valence-electron chi connectivity index (χ4n) is 3.92. The number of hydrogen-bond acceptors (Lipinski definition) is 8. The summed E-state index contributed by atoms with van der Waals surface area (Å²) in [6.45, 7) is 8.14. The quantitative estimate of drug-likeness (QED) is 0.371. The van der Waals surface area contributed by atoms with E-state index in [-0.39, 0.29) is 19.1 Å². The topological polar surface area (TPSA) is 85.3 Å². The molecule has 11 heteroatoms. The van der Waals surface area contributed by atoms with Crippen molar-refractivity contribution < 1.29 is 22.6 Å². The van der Waals surface area contributed by atoms with Crippen LogP contribution in [0.25, 0.3) is 0 Å². The van der Waals surface area contributed by atoms with Crippen LogP contribution in [-0.2, 0) is 0 Å². The summed E-state index contributed by atoms with van der Waals surface area (Å²) in [5.41, 5.74) is 0. The summed E-state index contributed by atoms with van der Waals surface area (Å²) >= 11 is 0. The van der Waals surface area contributed by atoms with Crippen molar-refractivity contribution in [2.24, 2.45) is 0 Å². The lowest BCUT2D eigenvalue weighted by atomic mass is 10.2. The lowest BCUT2D eigenvalue weighted by molar-refractivity contribution is 0.317. The van der Waals surface area contributed by atoms with Crippen molar-refractivity contribution in [2.45, 2.75) is 78.1 Å². The van der Waals surface area contributed by atoms with E-state index in [1.165, 1.54) is 57.9 Å². The van der Waals surface area contributed by atoms with Crippen molar-refractivity contribution in [3.63, 3.8) is 0 Å².